The highest BCUT2D eigenvalue weighted by Crippen LogP contribution is 2.28. The van der Waals surface area contributed by atoms with Crippen molar-refractivity contribution in [3.8, 4) is 0 Å². The van der Waals surface area contributed by atoms with Gasteiger partial charge in [-0.05, 0) is 25.2 Å². The van der Waals surface area contributed by atoms with E-state index in [1.54, 1.807) is 0 Å². The minimum atomic E-state index is -0.358. The second-order valence-corrected chi connectivity index (χ2v) is 4.56. The monoisotopic (exact) mass is 228 g/mol. The Morgan fingerprint density at radius 3 is 2.94 bits per heavy atom. The zero-order valence-corrected chi connectivity index (χ0v) is 10.2. The molecule has 94 valence electrons. The van der Waals surface area contributed by atoms with Crippen LogP contribution in [0, 0.1) is 5.92 Å². The smallest absolute Gasteiger partial charge is 0.236 e. The second-order valence-electron chi connectivity index (χ2n) is 4.56. The summed E-state index contributed by atoms with van der Waals surface area (Å²) in [6.07, 6.45) is 5.45. The van der Waals surface area contributed by atoms with Crippen molar-refractivity contribution in [1.29, 1.82) is 0 Å². The Labute approximate surface area is 97.9 Å². The van der Waals surface area contributed by atoms with Crippen LogP contribution in [0.3, 0.4) is 0 Å². The molecule has 1 rings (SSSR count). The lowest BCUT2D eigenvalue weighted by atomic mass is 10.1. The highest BCUT2D eigenvalue weighted by Gasteiger charge is 2.20. The number of unbranched alkanes of at least 4 members (excludes halogenated alkanes) is 1. The van der Waals surface area contributed by atoms with Crippen LogP contribution in [0.1, 0.15) is 39.0 Å². The van der Waals surface area contributed by atoms with E-state index < -0.39 is 0 Å². The largest absolute Gasteiger partial charge is 0.379 e. The first-order valence-electron chi connectivity index (χ1n) is 6.35. The molecule has 1 aliphatic carbocycles. The first kappa shape index (κ1) is 13.5. The zero-order chi connectivity index (χ0) is 11.8. The third kappa shape index (κ3) is 6.08. The van der Waals surface area contributed by atoms with E-state index in [1.165, 1.54) is 12.8 Å². The molecule has 16 heavy (non-hydrogen) atoms. The van der Waals surface area contributed by atoms with Gasteiger partial charge < -0.3 is 15.8 Å². The Hall–Kier alpha value is -0.610. The van der Waals surface area contributed by atoms with Crippen LogP contribution in [-0.4, -0.2) is 31.7 Å². The van der Waals surface area contributed by atoms with Crippen LogP contribution in [0.25, 0.3) is 0 Å². The van der Waals surface area contributed by atoms with Crippen LogP contribution >= 0.6 is 0 Å². The van der Waals surface area contributed by atoms with Crippen LogP contribution in [0.5, 0.6) is 0 Å². The van der Waals surface area contributed by atoms with Crippen molar-refractivity contribution in [3.63, 3.8) is 0 Å². The number of carbonyl (C=O) groups is 1. The van der Waals surface area contributed by atoms with Crippen LogP contribution < -0.4 is 11.1 Å². The quantitative estimate of drug-likeness (QED) is 0.580. The summed E-state index contributed by atoms with van der Waals surface area (Å²) in [5.41, 5.74) is 5.72. The van der Waals surface area contributed by atoms with Gasteiger partial charge in [0.1, 0.15) is 0 Å². The van der Waals surface area contributed by atoms with Gasteiger partial charge >= 0.3 is 0 Å². The Morgan fingerprint density at radius 2 is 2.31 bits per heavy atom. The summed E-state index contributed by atoms with van der Waals surface area (Å²) >= 11 is 0. The maximum Gasteiger partial charge on any atom is 0.236 e. The Kier molecular flexibility index (Phi) is 6.42. The van der Waals surface area contributed by atoms with Crippen molar-refractivity contribution < 1.29 is 9.53 Å². The second kappa shape index (κ2) is 7.63. The minimum Gasteiger partial charge on any atom is -0.379 e. The van der Waals surface area contributed by atoms with Crippen LogP contribution in [-0.2, 0) is 9.53 Å². The minimum absolute atomic E-state index is 0.0523. The third-order valence-corrected chi connectivity index (χ3v) is 2.80. The molecule has 1 aliphatic rings. The number of carbonyl (C=O) groups excluding carboxylic acids is 1. The lowest BCUT2D eigenvalue weighted by Gasteiger charge is -2.11. The summed E-state index contributed by atoms with van der Waals surface area (Å²) in [5.74, 6) is 0.728. The Bertz CT molecular complexity index is 205. The van der Waals surface area contributed by atoms with Crippen molar-refractivity contribution in [3.05, 3.63) is 0 Å². The molecule has 0 saturated heterocycles. The maximum absolute atomic E-state index is 11.5. The summed E-state index contributed by atoms with van der Waals surface area (Å²) in [7, 11) is 0. The molecule has 0 aromatic heterocycles. The molecule has 1 saturated carbocycles. The summed E-state index contributed by atoms with van der Waals surface area (Å²) < 4.78 is 5.41. The molecule has 4 heteroatoms. The van der Waals surface area contributed by atoms with Gasteiger partial charge in [-0.1, -0.05) is 19.8 Å². The molecule has 1 atom stereocenters. The molecule has 0 aromatic rings. The molecule has 0 aromatic carbocycles. The number of rotatable bonds is 9. The van der Waals surface area contributed by atoms with Crippen LogP contribution in [0.15, 0.2) is 0 Å². The van der Waals surface area contributed by atoms with Crippen molar-refractivity contribution in [1.82, 2.24) is 5.32 Å². The van der Waals surface area contributed by atoms with E-state index >= 15 is 0 Å². The first-order valence-corrected chi connectivity index (χ1v) is 6.35. The van der Waals surface area contributed by atoms with Gasteiger partial charge in [0.25, 0.3) is 0 Å². The zero-order valence-electron chi connectivity index (χ0n) is 10.2. The molecule has 4 nitrogen and oxygen atoms in total. The summed E-state index contributed by atoms with van der Waals surface area (Å²) in [6.45, 7) is 4.11. The van der Waals surface area contributed by atoms with Crippen molar-refractivity contribution in [2.45, 2.75) is 45.1 Å². The number of nitrogens with two attached hydrogens (primary N) is 1. The van der Waals surface area contributed by atoms with E-state index in [9.17, 15) is 4.79 Å². The average Bonchev–Trinajstić information content (AvgIpc) is 3.09. The van der Waals surface area contributed by atoms with Crippen LogP contribution in [0.2, 0.25) is 0 Å². The van der Waals surface area contributed by atoms with Gasteiger partial charge in [0.05, 0.1) is 12.6 Å². The van der Waals surface area contributed by atoms with Gasteiger partial charge in [0.2, 0.25) is 5.91 Å². The SMILES string of the molecule is CCCCC(N)C(=O)NCCOCC1CC1. The molecule has 1 unspecified atom stereocenters. The lowest BCUT2D eigenvalue weighted by Crippen LogP contribution is -2.41. The van der Waals surface area contributed by atoms with E-state index in [-0.39, 0.29) is 11.9 Å². The number of hydrogen-bond acceptors (Lipinski definition) is 3. The van der Waals surface area contributed by atoms with Crippen molar-refractivity contribution >= 4 is 5.91 Å². The molecule has 0 radical (unpaired) electrons. The van der Waals surface area contributed by atoms with E-state index in [4.69, 9.17) is 10.5 Å². The standard InChI is InChI=1S/C12H24N2O2/c1-2-3-4-11(13)12(15)14-7-8-16-9-10-5-6-10/h10-11H,2-9,13H2,1H3,(H,14,15). The highest BCUT2D eigenvalue weighted by atomic mass is 16.5. The normalized spacial score (nSPS) is 17.1. The van der Waals surface area contributed by atoms with E-state index in [2.05, 4.69) is 12.2 Å². The highest BCUT2D eigenvalue weighted by molar-refractivity contribution is 5.81. The fourth-order valence-electron chi connectivity index (χ4n) is 1.47. The van der Waals surface area contributed by atoms with Crippen molar-refractivity contribution in [2.75, 3.05) is 19.8 Å². The number of ether oxygens (including phenoxy) is 1. The summed E-state index contributed by atoms with van der Waals surface area (Å²) in [4.78, 5) is 11.5. The Balaban J connectivity index is 1.91. The van der Waals surface area contributed by atoms with Gasteiger partial charge in [-0.3, -0.25) is 4.79 Å². The molecule has 0 bridgehead atoms. The van der Waals surface area contributed by atoms with Crippen LogP contribution in [0.4, 0.5) is 0 Å². The van der Waals surface area contributed by atoms with E-state index in [1.807, 2.05) is 0 Å². The van der Waals surface area contributed by atoms with Gasteiger partial charge in [-0.2, -0.15) is 0 Å². The van der Waals surface area contributed by atoms with E-state index in [0.717, 1.165) is 31.8 Å². The number of amides is 1. The molecule has 3 N–H and O–H groups in total. The fraction of sp³-hybridized carbons (Fsp3) is 0.917. The lowest BCUT2D eigenvalue weighted by molar-refractivity contribution is -0.122. The molecule has 0 heterocycles. The predicted molar refractivity (Wildman–Crippen MR) is 64.1 cm³/mol. The number of hydrogen-bond donors (Lipinski definition) is 2. The Morgan fingerprint density at radius 1 is 1.56 bits per heavy atom. The van der Waals surface area contributed by atoms with Gasteiger partial charge in [0.15, 0.2) is 0 Å². The number of nitrogens with one attached hydrogen (secondary N) is 1. The summed E-state index contributed by atoms with van der Waals surface area (Å²) in [5, 5.41) is 2.80. The molecule has 0 aliphatic heterocycles. The maximum atomic E-state index is 11.5. The fourth-order valence-corrected chi connectivity index (χ4v) is 1.47. The van der Waals surface area contributed by atoms with Gasteiger partial charge in [0, 0.05) is 13.2 Å². The first-order chi connectivity index (χ1) is 7.74. The van der Waals surface area contributed by atoms with E-state index in [0.29, 0.717) is 13.2 Å². The molecule has 0 spiro atoms. The molecule has 1 fully saturated rings. The average molecular weight is 228 g/mol. The topological polar surface area (TPSA) is 64.4 Å². The predicted octanol–water partition coefficient (Wildman–Crippen LogP) is 1.05. The van der Waals surface area contributed by atoms with Crippen molar-refractivity contribution in [2.24, 2.45) is 11.7 Å². The molecular weight excluding hydrogens is 204 g/mol. The molecule has 1 amide bonds. The summed E-state index contributed by atoms with van der Waals surface area (Å²) in [6, 6.07) is -0.358. The molecular formula is C12H24N2O2. The van der Waals surface area contributed by atoms with Gasteiger partial charge in [-0.25, -0.2) is 0 Å². The van der Waals surface area contributed by atoms with Gasteiger partial charge in [-0.15, -0.1) is 0 Å². The third-order valence-electron chi connectivity index (χ3n) is 2.80.